The van der Waals surface area contributed by atoms with Gasteiger partial charge in [-0.25, -0.2) is 0 Å². The van der Waals surface area contributed by atoms with Crippen LogP contribution >= 0.6 is 0 Å². The Balaban J connectivity index is 2.26. The second-order valence-corrected chi connectivity index (χ2v) is 7.04. The van der Waals surface area contributed by atoms with Crippen molar-refractivity contribution in [1.29, 1.82) is 5.41 Å². The van der Waals surface area contributed by atoms with Crippen molar-refractivity contribution >= 4 is 35.3 Å². The van der Waals surface area contributed by atoms with Gasteiger partial charge in [-0.1, -0.05) is 18.2 Å². The molecule has 1 heterocycles. The lowest BCUT2D eigenvalue weighted by molar-refractivity contribution is -0.140. The number of carboxylic acid groups (broad SMARTS) is 1. The Morgan fingerprint density at radius 3 is 2.71 bits per heavy atom. The molecule has 0 bridgehead atoms. The van der Waals surface area contributed by atoms with Crippen LogP contribution in [0, 0.1) is 5.41 Å². The first kappa shape index (κ1) is 23.4. The summed E-state index contributed by atoms with van der Waals surface area (Å²) in [5.41, 5.74) is 9.04. The highest BCUT2D eigenvalue weighted by Gasteiger charge is 2.35. The highest BCUT2D eigenvalue weighted by atomic mass is 16.4. The molecule has 1 aromatic carbocycles. The number of nitrogens with zero attached hydrogens (tertiary/aromatic N) is 1. The minimum absolute atomic E-state index is 0.184. The van der Waals surface area contributed by atoms with Crippen LogP contribution in [-0.2, 0) is 25.7 Å². The van der Waals surface area contributed by atoms with E-state index in [1.807, 2.05) is 0 Å². The zero-order valence-corrected chi connectivity index (χ0v) is 17.1. The SMILES string of the molecule is CC(=O)N[C@@H](CCCNC(=N)N)C(=O)NN1c2ccccc2CNC(=O)C1CC(=O)O. The number of amides is 3. The molecule has 12 nitrogen and oxygen atoms in total. The highest BCUT2D eigenvalue weighted by Crippen LogP contribution is 2.25. The number of anilines is 1. The zero-order chi connectivity index (χ0) is 23.0. The van der Waals surface area contributed by atoms with Crippen LogP contribution in [0.3, 0.4) is 0 Å². The number of carboxylic acids is 1. The van der Waals surface area contributed by atoms with E-state index < -0.39 is 42.2 Å². The van der Waals surface area contributed by atoms with E-state index in [1.165, 1.54) is 11.9 Å². The molecule has 2 atom stereocenters. The van der Waals surface area contributed by atoms with Gasteiger partial charge in [0.25, 0.3) is 5.91 Å². The zero-order valence-electron chi connectivity index (χ0n) is 17.1. The number of fused-ring (bicyclic) bond motifs is 1. The third kappa shape index (κ3) is 6.87. The summed E-state index contributed by atoms with van der Waals surface area (Å²) in [7, 11) is 0. The predicted molar refractivity (Wildman–Crippen MR) is 112 cm³/mol. The van der Waals surface area contributed by atoms with Gasteiger partial charge in [-0.15, -0.1) is 0 Å². The molecule has 0 aliphatic carbocycles. The van der Waals surface area contributed by atoms with Crippen LogP contribution in [0.15, 0.2) is 24.3 Å². The Morgan fingerprint density at radius 2 is 2.06 bits per heavy atom. The largest absolute Gasteiger partial charge is 0.481 e. The van der Waals surface area contributed by atoms with Crippen molar-refractivity contribution in [2.75, 3.05) is 11.6 Å². The highest BCUT2D eigenvalue weighted by molar-refractivity contribution is 5.93. The summed E-state index contributed by atoms with van der Waals surface area (Å²) in [4.78, 5) is 48.5. The molecule has 31 heavy (non-hydrogen) atoms. The Kier molecular flexibility index (Phi) is 8.17. The number of hydrogen-bond donors (Lipinski definition) is 7. The number of aliphatic carboxylic acids is 1. The minimum atomic E-state index is -1.20. The van der Waals surface area contributed by atoms with E-state index in [0.29, 0.717) is 24.2 Å². The molecule has 0 fully saturated rings. The number of hydrogen-bond acceptors (Lipinski definition) is 6. The summed E-state index contributed by atoms with van der Waals surface area (Å²) in [6, 6.07) is 4.80. The Hall–Kier alpha value is -3.83. The minimum Gasteiger partial charge on any atom is -0.481 e. The van der Waals surface area contributed by atoms with E-state index in [-0.39, 0.29) is 18.9 Å². The summed E-state index contributed by atoms with van der Waals surface area (Å²) < 4.78 is 0. The Morgan fingerprint density at radius 1 is 1.35 bits per heavy atom. The quantitative estimate of drug-likeness (QED) is 0.143. The Bertz CT molecular complexity index is 860. The van der Waals surface area contributed by atoms with Gasteiger partial charge in [-0.05, 0) is 24.5 Å². The van der Waals surface area contributed by atoms with Gasteiger partial charge >= 0.3 is 5.97 Å². The molecule has 8 N–H and O–H groups in total. The van der Waals surface area contributed by atoms with Gasteiger partial charge in [0.2, 0.25) is 11.8 Å². The number of hydrazine groups is 1. The summed E-state index contributed by atoms with van der Waals surface area (Å²) in [6.07, 6.45) is 0.123. The van der Waals surface area contributed by atoms with Crippen LogP contribution in [0.25, 0.3) is 0 Å². The molecule has 0 spiro atoms. The van der Waals surface area contributed by atoms with Gasteiger partial charge in [0.05, 0.1) is 12.1 Å². The first-order chi connectivity index (χ1) is 14.7. The summed E-state index contributed by atoms with van der Waals surface area (Å²) in [5, 5.41) is 25.5. The fourth-order valence-electron chi connectivity index (χ4n) is 3.21. The molecule has 12 heteroatoms. The van der Waals surface area contributed by atoms with Gasteiger partial charge < -0.3 is 26.8 Å². The van der Waals surface area contributed by atoms with Crippen molar-refractivity contribution in [3.8, 4) is 0 Å². The summed E-state index contributed by atoms with van der Waals surface area (Å²) in [6.45, 7) is 1.79. The number of nitrogens with one attached hydrogen (secondary N) is 5. The maximum absolute atomic E-state index is 13.0. The van der Waals surface area contributed by atoms with Crippen molar-refractivity contribution < 1.29 is 24.3 Å². The third-order valence-corrected chi connectivity index (χ3v) is 4.60. The first-order valence-electron chi connectivity index (χ1n) is 9.71. The topological polar surface area (TPSA) is 190 Å². The first-order valence-corrected chi connectivity index (χ1v) is 9.71. The standard InChI is InChI=1S/C19H27N7O5/c1-11(27)24-13(6-4-8-22-19(20)21)17(30)25-26-14-7-3-2-5-12(14)10-23-18(31)15(26)9-16(28)29/h2-3,5,7,13,15H,4,6,8-10H2,1H3,(H,23,31)(H,24,27)(H,25,30)(H,28,29)(H4,20,21,22)/t13-,15?/m0/s1. The van der Waals surface area contributed by atoms with Crippen molar-refractivity contribution in [3.05, 3.63) is 29.8 Å². The number of guanidine groups is 1. The average molecular weight is 433 g/mol. The van der Waals surface area contributed by atoms with Gasteiger partial charge in [-0.3, -0.25) is 35.0 Å². The van der Waals surface area contributed by atoms with Crippen LogP contribution in [-0.4, -0.2) is 53.4 Å². The lowest BCUT2D eigenvalue weighted by atomic mass is 10.1. The molecule has 1 unspecified atom stereocenters. The second-order valence-electron chi connectivity index (χ2n) is 7.04. The van der Waals surface area contributed by atoms with E-state index in [9.17, 15) is 24.3 Å². The lowest BCUT2D eigenvalue weighted by Crippen LogP contribution is -2.58. The van der Waals surface area contributed by atoms with Crippen LogP contribution in [0.1, 0.15) is 31.7 Å². The molecule has 0 saturated heterocycles. The average Bonchev–Trinajstić information content (AvgIpc) is 2.81. The number of rotatable bonds is 9. The number of nitrogens with two attached hydrogens (primary N) is 1. The maximum atomic E-state index is 13.0. The number of carbonyl (C=O) groups excluding carboxylic acids is 3. The van der Waals surface area contributed by atoms with Crippen molar-refractivity contribution in [3.63, 3.8) is 0 Å². The molecule has 3 amide bonds. The molecule has 0 saturated carbocycles. The van der Waals surface area contributed by atoms with E-state index in [4.69, 9.17) is 11.1 Å². The fraction of sp³-hybridized carbons (Fsp3) is 0.421. The molecular formula is C19H27N7O5. The second kappa shape index (κ2) is 10.8. The molecule has 0 aromatic heterocycles. The van der Waals surface area contributed by atoms with Gasteiger partial charge in [0, 0.05) is 20.0 Å². The molecule has 1 aromatic rings. The van der Waals surface area contributed by atoms with Crippen molar-refractivity contribution in [2.45, 2.75) is 44.8 Å². The smallest absolute Gasteiger partial charge is 0.306 e. The summed E-state index contributed by atoms with van der Waals surface area (Å²) in [5.74, 6) is -2.97. The van der Waals surface area contributed by atoms with E-state index in [2.05, 4.69) is 21.4 Å². The van der Waals surface area contributed by atoms with E-state index in [0.717, 1.165) is 0 Å². The molecular weight excluding hydrogens is 406 g/mol. The van der Waals surface area contributed by atoms with Crippen molar-refractivity contribution in [1.82, 2.24) is 21.4 Å². The van der Waals surface area contributed by atoms with Crippen LogP contribution < -0.4 is 32.1 Å². The summed E-state index contributed by atoms with van der Waals surface area (Å²) >= 11 is 0. The predicted octanol–water partition coefficient (Wildman–Crippen LogP) is -1.23. The molecule has 2 rings (SSSR count). The number of para-hydroxylation sites is 1. The van der Waals surface area contributed by atoms with Crippen LogP contribution in [0.4, 0.5) is 5.69 Å². The molecule has 168 valence electrons. The normalized spacial score (nSPS) is 16.2. The molecule has 1 aliphatic heterocycles. The van der Waals surface area contributed by atoms with E-state index in [1.54, 1.807) is 24.3 Å². The van der Waals surface area contributed by atoms with Crippen LogP contribution in [0.5, 0.6) is 0 Å². The van der Waals surface area contributed by atoms with Crippen molar-refractivity contribution in [2.24, 2.45) is 5.73 Å². The monoisotopic (exact) mass is 433 g/mol. The fourth-order valence-corrected chi connectivity index (χ4v) is 3.21. The van der Waals surface area contributed by atoms with Gasteiger partial charge in [-0.2, -0.15) is 0 Å². The Labute approximate surface area is 179 Å². The maximum Gasteiger partial charge on any atom is 0.306 e. The number of benzene rings is 1. The van der Waals surface area contributed by atoms with E-state index >= 15 is 0 Å². The third-order valence-electron chi connectivity index (χ3n) is 4.60. The lowest BCUT2D eigenvalue weighted by Gasteiger charge is -2.32. The van der Waals surface area contributed by atoms with Crippen LogP contribution in [0.2, 0.25) is 0 Å². The van der Waals surface area contributed by atoms with Gasteiger partial charge in [0.1, 0.15) is 12.1 Å². The van der Waals surface area contributed by atoms with Gasteiger partial charge in [0.15, 0.2) is 5.96 Å². The molecule has 0 radical (unpaired) electrons. The molecule has 1 aliphatic rings. The number of carbonyl (C=O) groups is 4.